The lowest BCUT2D eigenvalue weighted by Gasteiger charge is -2.15. The fraction of sp³-hybridized carbons (Fsp3) is 0.444. The minimum absolute atomic E-state index is 0.0760. The number of rotatable bonds is 5. The number of hydrogen-bond acceptors (Lipinski definition) is 6. The van der Waals surface area contributed by atoms with Crippen molar-refractivity contribution in [2.24, 2.45) is 0 Å². The van der Waals surface area contributed by atoms with Crippen LogP contribution in [-0.4, -0.2) is 42.2 Å². The number of carbonyl (C=O) groups excluding carboxylic acids is 1. The molecule has 0 spiro atoms. The summed E-state index contributed by atoms with van der Waals surface area (Å²) in [5, 5.41) is 7.60. The molecule has 9 heteroatoms. The molecule has 0 bridgehead atoms. The van der Waals surface area contributed by atoms with Gasteiger partial charge in [0.2, 0.25) is 0 Å². The minimum atomic E-state index is -3.04. The van der Waals surface area contributed by atoms with Crippen LogP contribution < -0.4 is 10.1 Å². The van der Waals surface area contributed by atoms with Crippen molar-refractivity contribution in [3.8, 4) is 5.75 Å². The first-order valence-electron chi connectivity index (χ1n) is 8.89. The van der Waals surface area contributed by atoms with E-state index in [0.29, 0.717) is 30.2 Å². The molecule has 1 unspecified atom stereocenters. The number of sulfone groups is 1. The second-order valence-corrected chi connectivity index (χ2v) is 9.89. The van der Waals surface area contributed by atoms with Crippen LogP contribution in [0, 0.1) is 0 Å². The van der Waals surface area contributed by atoms with Crippen molar-refractivity contribution < 1.29 is 17.9 Å². The molecule has 1 N–H and O–H groups in total. The van der Waals surface area contributed by atoms with Gasteiger partial charge in [-0.1, -0.05) is 0 Å². The number of aromatic nitrogens is 2. The van der Waals surface area contributed by atoms with Crippen LogP contribution in [0.5, 0.6) is 5.75 Å². The topological polar surface area (TPSA) is 90.3 Å². The molecule has 1 saturated heterocycles. The van der Waals surface area contributed by atoms with Gasteiger partial charge in [-0.05, 0) is 37.6 Å². The zero-order chi connectivity index (χ0) is 19.0. The molecule has 1 aromatic carbocycles. The average Bonchev–Trinajstić information content (AvgIpc) is 3.31. The van der Waals surface area contributed by atoms with E-state index in [2.05, 4.69) is 10.4 Å². The fourth-order valence-electron chi connectivity index (χ4n) is 3.45. The number of hydrogen-bond donors (Lipinski definition) is 1. The second-order valence-electron chi connectivity index (χ2n) is 6.68. The van der Waals surface area contributed by atoms with Gasteiger partial charge in [0.25, 0.3) is 5.91 Å². The molecule has 4 rings (SSSR count). The van der Waals surface area contributed by atoms with Crippen molar-refractivity contribution in [3.05, 3.63) is 41.1 Å². The smallest absolute Gasteiger partial charge is 0.256 e. The van der Waals surface area contributed by atoms with Crippen molar-refractivity contribution in [1.82, 2.24) is 9.78 Å². The van der Waals surface area contributed by atoms with Gasteiger partial charge >= 0.3 is 0 Å². The summed E-state index contributed by atoms with van der Waals surface area (Å²) in [6, 6.07) is 6.74. The van der Waals surface area contributed by atoms with Crippen LogP contribution in [0.1, 0.15) is 41.0 Å². The van der Waals surface area contributed by atoms with E-state index >= 15 is 0 Å². The monoisotopic (exact) mass is 407 g/mol. The van der Waals surface area contributed by atoms with Crippen LogP contribution >= 0.6 is 11.8 Å². The predicted molar refractivity (Wildman–Crippen MR) is 105 cm³/mol. The van der Waals surface area contributed by atoms with Crippen LogP contribution in [-0.2, 0) is 21.3 Å². The Balaban J connectivity index is 1.60. The Bertz CT molecular complexity index is 967. The lowest BCUT2D eigenvalue weighted by Crippen LogP contribution is -2.20. The maximum absolute atomic E-state index is 12.8. The number of fused-ring (bicyclic) bond motifs is 1. The zero-order valence-electron chi connectivity index (χ0n) is 15.0. The largest absolute Gasteiger partial charge is 0.494 e. The Morgan fingerprint density at radius 2 is 2.11 bits per heavy atom. The van der Waals surface area contributed by atoms with E-state index in [0.717, 1.165) is 22.8 Å². The van der Waals surface area contributed by atoms with Gasteiger partial charge in [0.05, 0.1) is 29.8 Å². The van der Waals surface area contributed by atoms with Gasteiger partial charge in [-0.2, -0.15) is 16.9 Å². The summed E-state index contributed by atoms with van der Waals surface area (Å²) in [5.41, 5.74) is 2.46. The van der Waals surface area contributed by atoms with E-state index in [1.165, 1.54) is 0 Å². The molecule has 1 aromatic heterocycles. The third-order valence-electron chi connectivity index (χ3n) is 4.79. The lowest BCUT2D eigenvalue weighted by molar-refractivity contribution is 0.102. The normalized spacial score (nSPS) is 20.4. The van der Waals surface area contributed by atoms with Crippen molar-refractivity contribution in [1.29, 1.82) is 0 Å². The molecule has 1 fully saturated rings. The summed E-state index contributed by atoms with van der Waals surface area (Å²) < 4.78 is 30.9. The Labute approximate surface area is 162 Å². The van der Waals surface area contributed by atoms with Crippen molar-refractivity contribution in [3.63, 3.8) is 0 Å². The number of ether oxygens (including phenoxy) is 1. The summed E-state index contributed by atoms with van der Waals surface area (Å²) in [6.07, 6.45) is 0.530. The zero-order valence-corrected chi connectivity index (χ0v) is 16.6. The minimum Gasteiger partial charge on any atom is -0.494 e. The molecule has 7 nitrogen and oxygen atoms in total. The van der Waals surface area contributed by atoms with E-state index < -0.39 is 9.84 Å². The van der Waals surface area contributed by atoms with Crippen LogP contribution in [0.15, 0.2) is 24.3 Å². The van der Waals surface area contributed by atoms with Gasteiger partial charge < -0.3 is 10.1 Å². The maximum atomic E-state index is 12.8. The molecule has 2 aliphatic heterocycles. The van der Waals surface area contributed by atoms with Crippen LogP contribution in [0.2, 0.25) is 0 Å². The van der Waals surface area contributed by atoms with E-state index in [4.69, 9.17) is 4.74 Å². The van der Waals surface area contributed by atoms with Crippen molar-refractivity contribution >= 4 is 33.3 Å². The highest BCUT2D eigenvalue weighted by Crippen LogP contribution is 2.38. The van der Waals surface area contributed by atoms with Gasteiger partial charge in [-0.25, -0.2) is 13.1 Å². The molecule has 144 valence electrons. The molecule has 0 saturated carbocycles. The van der Waals surface area contributed by atoms with E-state index in [9.17, 15) is 13.2 Å². The van der Waals surface area contributed by atoms with Crippen LogP contribution in [0.3, 0.4) is 0 Å². The van der Waals surface area contributed by atoms with Gasteiger partial charge in [0, 0.05) is 22.6 Å². The number of benzene rings is 1. The maximum Gasteiger partial charge on any atom is 0.256 e. The molecular weight excluding hydrogens is 386 g/mol. The number of carbonyl (C=O) groups is 1. The molecule has 27 heavy (non-hydrogen) atoms. The first kappa shape index (κ1) is 18.4. The van der Waals surface area contributed by atoms with Crippen LogP contribution in [0.25, 0.3) is 0 Å². The quantitative estimate of drug-likeness (QED) is 0.819. The summed E-state index contributed by atoms with van der Waals surface area (Å²) in [4.78, 5) is 12.8. The molecule has 2 aliphatic rings. The Kier molecular flexibility index (Phi) is 4.90. The molecule has 3 heterocycles. The molecule has 0 aliphatic carbocycles. The van der Waals surface area contributed by atoms with E-state index in [1.807, 2.05) is 6.92 Å². The summed E-state index contributed by atoms with van der Waals surface area (Å²) in [5.74, 6) is 2.92. The van der Waals surface area contributed by atoms with Gasteiger partial charge in [0.15, 0.2) is 9.84 Å². The van der Waals surface area contributed by atoms with E-state index in [1.54, 1.807) is 40.7 Å². The van der Waals surface area contributed by atoms with Crippen molar-refractivity contribution in [2.75, 3.05) is 23.4 Å². The Morgan fingerprint density at radius 1 is 1.33 bits per heavy atom. The van der Waals surface area contributed by atoms with Crippen LogP contribution in [0.4, 0.5) is 5.82 Å². The highest BCUT2D eigenvalue weighted by Gasteiger charge is 2.34. The van der Waals surface area contributed by atoms with E-state index in [-0.39, 0.29) is 23.5 Å². The SMILES string of the molecule is CCOc1ccc(C(=O)Nc2c3c(nn2C2CCS(=O)(=O)C2)CSC3)cc1. The number of nitrogens with one attached hydrogen (secondary N) is 1. The van der Waals surface area contributed by atoms with Gasteiger partial charge in [0.1, 0.15) is 11.6 Å². The molecule has 2 aromatic rings. The number of thioether (sulfide) groups is 1. The molecular formula is C18H21N3O4S2. The summed E-state index contributed by atoms with van der Waals surface area (Å²) >= 11 is 1.74. The molecule has 0 radical (unpaired) electrons. The highest BCUT2D eigenvalue weighted by atomic mass is 32.2. The van der Waals surface area contributed by atoms with Gasteiger partial charge in [-0.15, -0.1) is 0 Å². The average molecular weight is 408 g/mol. The highest BCUT2D eigenvalue weighted by molar-refractivity contribution is 7.98. The second kappa shape index (κ2) is 7.20. The third kappa shape index (κ3) is 3.70. The fourth-order valence-corrected chi connectivity index (χ4v) is 6.17. The van der Waals surface area contributed by atoms with Gasteiger partial charge in [-0.3, -0.25) is 4.79 Å². The molecule has 1 amide bonds. The lowest BCUT2D eigenvalue weighted by atomic mass is 10.2. The number of anilines is 1. The van der Waals surface area contributed by atoms with Crippen molar-refractivity contribution in [2.45, 2.75) is 30.9 Å². The standard InChI is InChI=1S/C18H21N3O4S2/c1-2-25-14-5-3-12(4-6-14)18(22)19-17-15-9-26-10-16(15)20-21(17)13-7-8-27(23,24)11-13/h3-6,13H,2,7-11H2,1H3,(H,19,22). The Morgan fingerprint density at radius 3 is 2.78 bits per heavy atom. The Hall–Kier alpha value is -2.00. The first-order chi connectivity index (χ1) is 13.0. The number of amides is 1. The summed E-state index contributed by atoms with van der Waals surface area (Å²) in [7, 11) is -3.04. The third-order valence-corrected chi connectivity index (χ3v) is 7.51. The predicted octanol–water partition coefficient (Wildman–Crippen LogP) is 2.64. The summed E-state index contributed by atoms with van der Waals surface area (Å²) in [6.45, 7) is 2.47. The number of nitrogens with zero attached hydrogens (tertiary/aromatic N) is 2. The molecule has 1 atom stereocenters. The first-order valence-corrected chi connectivity index (χ1v) is 11.9.